The molecule has 0 aliphatic heterocycles. The normalized spacial score (nSPS) is 11.0. The van der Waals surface area contributed by atoms with Gasteiger partial charge in [0.1, 0.15) is 5.82 Å². The van der Waals surface area contributed by atoms with Gasteiger partial charge in [0.2, 0.25) is 0 Å². The predicted molar refractivity (Wildman–Crippen MR) is 79.4 cm³/mol. The molecule has 108 valence electrons. The Morgan fingerprint density at radius 1 is 1.29 bits per heavy atom. The van der Waals surface area contributed by atoms with Gasteiger partial charge in [0, 0.05) is 36.7 Å². The van der Waals surface area contributed by atoms with E-state index in [1.165, 1.54) is 17.4 Å². The van der Waals surface area contributed by atoms with Crippen LogP contribution in [0.3, 0.4) is 0 Å². The summed E-state index contributed by atoms with van der Waals surface area (Å²) in [4.78, 5) is 11.2. The van der Waals surface area contributed by atoms with Gasteiger partial charge in [0.15, 0.2) is 5.65 Å². The molecule has 3 rings (SSSR count). The fourth-order valence-electron chi connectivity index (χ4n) is 2.03. The third-order valence-corrected chi connectivity index (χ3v) is 4.07. The molecule has 0 aromatic carbocycles. The lowest BCUT2D eigenvalue weighted by atomic mass is 10.3. The molecular weight excluding hydrogens is 290 g/mol. The first kappa shape index (κ1) is 13.7. The maximum absolute atomic E-state index is 10.6. The Morgan fingerprint density at radius 2 is 2.19 bits per heavy atom. The Hall–Kier alpha value is -2.32. The minimum absolute atomic E-state index is 0.176. The molecule has 0 fully saturated rings. The Labute approximate surface area is 124 Å². The molecule has 0 saturated heterocycles. The second-order valence-corrected chi connectivity index (χ2v) is 5.62. The number of rotatable bonds is 6. The second-order valence-electron chi connectivity index (χ2n) is 4.47. The van der Waals surface area contributed by atoms with Gasteiger partial charge in [-0.05, 0) is 18.2 Å². The van der Waals surface area contributed by atoms with Crippen LogP contribution in [-0.2, 0) is 13.0 Å². The molecule has 0 radical (unpaired) electrons. The summed E-state index contributed by atoms with van der Waals surface area (Å²) < 4.78 is 1.96. The van der Waals surface area contributed by atoms with Crippen LogP contribution in [0.1, 0.15) is 10.7 Å². The highest BCUT2D eigenvalue weighted by molar-refractivity contribution is 7.15. The summed E-state index contributed by atoms with van der Waals surface area (Å²) in [6.07, 6.45) is 2.69. The van der Waals surface area contributed by atoms with Crippen LogP contribution in [-0.4, -0.2) is 26.1 Å². The molecule has 8 heteroatoms. The van der Waals surface area contributed by atoms with Crippen LogP contribution in [0.25, 0.3) is 5.65 Å². The van der Waals surface area contributed by atoms with E-state index in [1.54, 1.807) is 6.07 Å². The van der Waals surface area contributed by atoms with Crippen LogP contribution in [0.2, 0.25) is 0 Å². The number of aromatic nitrogens is 3. The number of pyridine rings is 1. The summed E-state index contributed by atoms with van der Waals surface area (Å²) in [6.45, 7) is 1.36. The van der Waals surface area contributed by atoms with Gasteiger partial charge in [0.05, 0.1) is 4.92 Å². The van der Waals surface area contributed by atoms with E-state index in [0.717, 1.165) is 29.3 Å². The van der Waals surface area contributed by atoms with Gasteiger partial charge in [-0.1, -0.05) is 17.4 Å². The molecule has 21 heavy (non-hydrogen) atoms. The molecule has 0 spiro atoms. The van der Waals surface area contributed by atoms with Crippen molar-refractivity contribution >= 4 is 22.0 Å². The van der Waals surface area contributed by atoms with E-state index in [-0.39, 0.29) is 9.92 Å². The maximum atomic E-state index is 10.6. The van der Waals surface area contributed by atoms with Crippen LogP contribution >= 0.6 is 11.3 Å². The minimum atomic E-state index is -0.365. The van der Waals surface area contributed by atoms with Gasteiger partial charge in [-0.25, -0.2) is 0 Å². The van der Waals surface area contributed by atoms with Gasteiger partial charge in [-0.15, -0.1) is 10.2 Å². The molecule has 0 amide bonds. The van der Waals surface area contributed by atoms with E-state index < -0.39 is 0 Å². The third-order valence-electron chi connectivity index (χ3n) is 3.04. The molecule has 3 heterocycles. The number of nitrogens with one attached hydrogen (secondary N) is 1. The summed E-state index contributed by atoms with van der Waals surface area (Å²) in [5.74, 6) is 0.898. The third kappa shape index (κ3) is 3.06. The van der Waals surface area contributed by atoms with Crippen LogP contribution in [0.15, 0.2) is 36.5 Å². The van der Waals surface area contributed by atoms with Crippen LogP contribution in [0.5, 0.6) is 0 Å². The summed E-state index contributed by atoms with van der Waals surface area (Å²) >= 11 is 1.20. The summed E-state index contributed by atoms with van der Waals surface area (Å²) in [5, 5.41) is 22.3. The standard InChI is InChI=1S/C13H13N5O2S/c19-18(20)13-5-4-10(21-13)9-14-7-6-12-16-15-11-3-1-2-8-17(11)12/h1-5,8,14H,6-7,9H2. The molecule has 0 aliphatic carbocycles. The zero-order valence-corrected chi connectivity index (χ0v) is 11.9. The zero-order chi connectivity index (χ0) is 14.7. The monoisotopic (exact) mass is 303 g/mol. The van der Waals surface area contributed by atoms with Crippen molar-refractivity contribution < 1.29 is 4.92 Å². The largest absolute Gasteiger partial charge is 0.324 e. The van der Waals surface area contributed by atoms with Crippen LogP contribution in [0.4, 0.5) is 5.00 Å². The number of hydrogen-bond acceptors (Lipinski definition) is 6. The Morgan fingerprint density at radius 3 is 3.00 bits per heavy atom. The van der Waals surface area contributed by atoms with Crippen molar-refractivity contribution in [3.63, 3.8) is 0 Å². The molecule has 1 N–H and O–H groups in total. The molecule has 0 aliphatic rings. The predicted octanol–water partition coefficient (Wildman–Crippen LogP) is 2.03. The van der Waals surface area contributed by atoms with Crippen molar-refractivity contribution in [2.24, 2.45) is 0 Å². The van der Waals surface area contributed by atoms with Gasteiger partial charge in [-0.3, -0.25) is 14.5 Å². The fraction of sp³-hybridized carbons (Fsp3) is 0.231. The Bertz CT molecular complexity index is 767. The topological polar surface area (TPSA) is 85.4 Å². The second kappa shape index (κ2) is 5.98. The SMILES string of the molecule is O=[N+]([O-])c1ccc(CNCCc2nnc3ccccn23)s1. The van der Waals surface area contributed by atoms with Crippen molar-refractivity contribution in [2.75, 3.05) is 6.54 Å². The van der Waals surface area contributed by atoms with Gasteiger partial charge in [-0.2, -0.15) is 0 Å². The fourth-order valence-corrected chi connectivity index (χ4v) is 2.82. The number of nitro groups is 1. The molecule has 0 unspecified atom stereocenters. The zero-order valence-electron chi connectivity index (χ0n) is 11.1. The first-order valence-corrected chi connectivity index (χ1v) is 7.28. The molecule has 7 nitrogen and oxygen atoms in total. The van der Waals surface area contributed by atoms with Gasteiger partial charge >= 0.3 is 5.00 Å². The maximum Gasteiger partial charge on any atom is 0.324 e. The first-order valence-electron chi connectivity index (χ1n) is 6.46. The summed E-state index contributed by atoms with van der Waals surface area (Å²) in [5.41, 5.74) is 0.835. The van der Waals surface area contributed by atoms with Crippen molar-refractivity contribution in [3.05, 3.63) is 57.3 Å². The Kier molecular flexibility index (Phi) is 3.89. The lowest BCUT2D eigenvalue weighted by Crippen LogP contribution is -2.17. The quantitative estimate of drug-likeness (QED) is 0.428. The first-order chi connectivity index (χ1) is 10.2. The van der Waals surface area contributed by atoms with Gasteiger partial charge < -0.3 is 5.32 Å². The lowest BCUT2D eigenvalue weighted by Gasteiger charge is -2.02. The number of hydrogen-bond donors (Lipinski definition) is 1. The highest BCUT2D eigenvalue weighted by atomic mass is 32.1. The highest BCUT2D eigenvalue weighted by Gasteiger charge is 2.09. The van der Waals surface area contributed by atoms with E-state index in [2.05, 4.69) is 15.5 Å². The van der Waals surface area contributed by atoms with E-state index in [0.29, 0.717) is 6.54 Å². The number of fused-ring (bicyclic) bond motifs is 1. The van der Waals surface area contributed by atoms with Crippen molar-refractivity contribution in [3.8, 4) is 0 Å². The van der Waals surface area contributed by atoms with Crippen LogP contribution in [0, 0.1) is 10.1 Å². The molecule has 0 saturated carbocycles. The Balaban J connectivity index is 1.53. The smallest absolute Gasteiger partial charge is 0.311 e. The molecule has 3 aromatic heterocycles. The molecule has 0 atom stereocenters. The lowest BCUT2D eigenvalue weighted by molar-refractivity contribution is -0.380. The number of nitrogens with zero attached hydrogens (tertiary/aromatic N) is 4. The molecule has 3 aromatic rings. The van der Waals surface area contributed by atoms with Crippen molar-refractivity contribution in [2.45, 2.75) is 13.0 Å². The molecular formula is C13H13N5O2S. The van der Waals surface area contributed by atoms with E-state index in [1.807, 2.05) is 28.8 Å². The van der Waals surface area contributed by atoms with Gasteiger partial charge in [0.25, 0.3) is 0 Å². The van der Waals surface area contributed by atoms with E-state index in [4.69, 9.17) is 0 Å². The van der Waals surface area contributed by atoms with Crippen molar-refractivity contribution in [1.29, 1.82) is 0 Å². The average molecular weight is 303 g/mol. The number of thiophene rings is 1. The van der Waals surface area contributed by atoms with Crippen LogP contribution < -0.4 is 5.32 Å². The van der Waals surface area contributed by atoms with E-state index in [9.17, 15) is 10.1 Å². The summed E-state index contributed by atoms with van der Waals surface area (Å²) in [6, 6.07) is 9.10. The van der Waals surface area contributed by atoms with Crippen molar-refractivity contribution in [1.82, 2.24) is 19.9 Å². The highest BCUT2D eigenvalue weighted by Crippen LogP contribution is 2.23. The molecule has 0 bridgehead atoms. The summed E-state index contributed by atoms with van der Waals surface area (Å²) in [7, 11) is 0. The minimum Gasteiger partial charge on any atom is -0.311 e. The van der Waals surface area contributed by atoms with E-state index >= 15 is 0 Å². The average Bonchev–Trinajstić information content (AvgIpc) is 3.11.